The molecule has 0 fully saturated rings. The fourth-order valence-corrected chi connectivity index (χ4v) is 9.67. The first kappa shape index (κ1) is 69.5. The molecule has 0 heterocycles. The first-order chi connectivity index (χ1) is 34.5. The van der Waals surface area contributed by atoms with Crippen LogP contribution in [-0.4, -0.2) is 68.5 Å². The van der Waals surface area contributed by atoms with Gasteiger partial charge in [0.25, 0.3) is 7.82 Å². The summed E-state index contributed by atoms with van der Waals surface area (Å²) in [7, 11) is 1.24. The Bertz CT molecular complexity index is 1290. The minimum absolute atomic E-state index is 0.00969. The number of aliphatic hydroxyl groups is 1. The van der Waals surface area contributed by atoms with Gasteiger partial charge in [-0.15, -0.1) is 0 Å². The van der Waals surface area contributed by atoms with E-state index in [1.807, 2.05) is 27.2 Å². The summed E-state index contributed by atoms with van der Waals surface area (Å²) in [5.74, 6) is -0.212. The highest BCUT2D eigenvalue weighted by molar-refractivity contribution is 7.45. The standard InChI is InChI=1S/C62H119N2O6P/c1-6-8-10-12-14-16-18-20-22-24-26-27-28-29-30-31-32-33-34-35-36-38-39-41-43-45-47-49-51-53-55-61(65)60(59-70-71(67,68)69-58-57-64(3,4)5)63-62(66)56-54-52-50-48-46-44-42-40-37-25-23-21-19-17-15-13-11-9-7-2/h21,23,38-39,45,47,53,55,60-61,65H,6-20,22,24-37,40-44,46,48-52,54,56-59H2,1-5H3,(H-,63,66,67,68)/b23-21-,39-38+,47-45+,55-53+. The van der Waals surface area contributed by atoms with Crippen LogP contribution in [0.2, 0.25) is 0 Å². The third-order valence-electron chi connectivity index (χ3n) is 13.7. The van der Waals surface area contributed by atoms with Gasteiger partial charge in [-0.25, -0.2) is 0 Å². The Morgan fingerprint density at radius 2 is 0.789 bits per heavy atom. The molecule has 3 atom stereocenters. The molecule has 0 aromatic heterocycles. The average molecular weight is 1020 g/mol. The zero-order chi connectivity index (χ0) is 52.0. The van der Waals surface area contributed by atoms with Gasteiger partial charge >= 0.3 is 0 Å². The Morgan fingerprint density at radius 1 is 0.479 bits per heavy atom. The van der Waals surface area contributed by atoms with Crippen LogP contribution in [0.25, 0.3) is 0 Å². The van der Waals surface area contributed by atoms with Gasteiger partial charge in [0.1, 0.15) is 13.2 Å². The minimum atomic E-state index is -4.61. The van der Waals surface area contributed by atoms with Crippen LogP contribution in [-0.2, 0) is 18.4 Å². The largest absolute Gasteiger partial charge is 0.756 e. The maximum atomic E-state index is 13.0. The molecule has 9 heteroatoms. The molecule has 0 saturated heterocycles. The number of nitrogens with one attached hydrogen (secondary N) is 1. The molecule has 0 saturated carbocycles. The lowest BCUT2D eigenvalue weighted by atomic mass is 10.0. The summed E-state index contributed by atoms with van der Waals surface area (Å²) >= 11 is 0. The number of rotatable bonds is 56. The van der Waals surface area contributed by atoms with Gasteiger partial charge in [-0.2, -0.15) is 0 Å². The van der Waals surface area contributed by atoms with Crippen molar-refractivity contribution in [3.63, 3.8) is 0 Å². The maximum absolute atomic E-state index is 13.0. The number of carbonyl (C=O) groups is 1. The zero-order valence-electron chi connectivity index (χ0n) is 47.7. The number of hydrogen-bond donors (Lipinski definition) is 2. The van der Waals surface area contributed by atoms with Gasteiger partial charge in [0.2, 0.25) is 5.91 Å². The van der Waals surface area contributed by atoms with Crippen molar-refractivity contribution in [2.45, 2.75) is 302 Å². The quantitative estimate of drug-likeness (QED) is 0.0272. The number of unbranched alkanes of at least 4 members (excludes halogenated alkanes) is 37. The lowest BCUT2D eigenvalue weighted by Gasteiger charge is -2.29. The van der Waals surface area contributed by atoms with Crippen molar-refractivity contribution in [2.24, 2.45) is 0 Å². The second-order valence-corrected chi connectivity index (χ2v) is 23.4. The number of likely N-dealkylation sites (N-methyl/N-ethyl adjacent to an activating group) is 1. The zero-order valence-corrected chi connectivity index (χ0v) is 48.6. The third-order valence-corrected chi connectivity index (χ3v) is 14.7. The van der Waals surface area contributed by atoms with Gasteiger partial charge in [-0.05, 0) is 70.6 Å². The molecular weight excluding hydrogens is 900 g/mol. The molecule has 0 bridgehead atoms. The van der Waals surface area contributed by atoms with E-state index < -0.39 is 26.6 Å². The van der Waals surface area contributed by atoms with Crippen LogP contribution in [0.3, 0.4) is 0 Å². The molecule has 418 valence electrons. The molecule has 0 aromatic rings. The lowest BCUT2D eigenvalue weighted by molar-refractivity contribution is -0.870. The van der Waals surface area contributed by atoms with Crippen molar-refractivity contribution >= 4 is 13.7 Å². The smallest absolute Gasteiger partial charge is 0.268 e. The van der Waals surface area contributed by atoms with E-state index in [2.05, 4.69) is 55.6 Å². The number of quaternary nitrogens is 1. The van der Waals surface area contributed by atoms with Gasteiger partial charge < -0.3 is 28.8 Å². The summed E-state index contributed by atoms with van der Waals surface area (Å²) in [6.07, 6.45) is 70.7. The number of allylic oxidation sites excluding steroid dienone is 7. The van der Waals surface area contributed by atoms with E-state index in [0.717, 1.165) is 44.9 Å². The van der Waals surface area contributed by atoms with E-state index in [4.69, 9.17) is 9.05 Å². The normalized spacial score (nSPS) is 14.2. The molecule has 0 aliphatic carbocycles. The number of phosphoric ester groups is 1. The van der Waals surface area contributed by atoms with Crippen molar-refractivity contribution in [3.05, 3.63) is 48.6 Å². The SMILES string of the molecule is CCCCCCCC/C=C\CCCCCCCCCCCC(=O)NC(COP(=O)([O-])OCC[N+](C)(C)C)C(O)/C=C/CC/C=C/CC/C=C/CCCCCCCCCCCCCCCCCCCCCC. The fraction of sp³-hybridized carbons (Fsp3) is 0.855. The van der Waals surface area contributed by atoms with Crippen molar-refractivity contribution in [1.82, 2.24) is 5.32 Å². The van der Waals surface area contributed by atoms with Gasteiger partial charge in [0.05, 0.1) is 39.9 Å². The topological polar surface area (TPSA) is 108 Å². The molecule has 0 aromatic carbocycles. The average Bonchev–Trinajstić information content (AvgIpc) is 3.33. The molecule has 1 amide bonds. The van der Waals surface area contributed by atoms with Crippen LogP contribution in [0, 0.1) is 0 Å². The monoisotopic (exact) mass is 1020 g/mol. The van der Waals surface area contributed by atoms with Crippen molar-refractivity contribution in [3.8, 4) is 0 Å². The maximum Gasteiger partial charge on any atom is 0.268 e. The second-order valence-electron chi connectivity index (χ2n) is 22.0. The van der Waals surface area contributed by atoms with Gasteiger partial charge in [0.15, 0.2) is 0 Å². The number of aliphatic hydroxyl groups excluding tert-OH is 1. The molecule has 2 N–H and O–H groups in total. The highest BCUT2D eigenvalue weighted by Crippen LogP contribution is 2.38. The van der Waals surface area contributed by atoms with Crippen LogP contribution in [0.4, 0.5) is 0 Å². The van der Waals surface area contributed by atoms with E-state index in [9.17, 15) is 19.4 Å². The molecule has 3 unspecified atom stereocenters. The summed E-state index contributed by atoms with van der Waals surface area (Å²) < 4.78 is 23.3. The number of nitrogens with zero attached hydrogens (tertiary/aromatic N) is 1. The van der Waals surface area contributed by atoms with E-state index in [0.29, 0.717) is 17.4 Å². The Balaban J connectivity index is 4.21. The fourth-order valence-electron chi connectivity index (χ4n) is 8.95. The number of amides is 1. The molecular formula is C62H119N2O6P. The van der Waals surface area contributed by atoms with Crippen LogP contribution in [0.5, 0.6) is 0 Å². The number of phosphoric acid groups is 1. The van der Waals surface area contributed by atoms with Crippen molar-refractivity contribution in [2.75, 3.05) is 40.9 Å². The highest BCUT2D eigenvalue weighted by atomic mass is 31.2. The third kappa shape index (κ3) is 56.0. The molecule has 0 spiro atoms. The summed E-state index contributed by atoms with van der Waals surface area (Å²) in [5.41, 5.74) is 0. The summed E-state index contributed by atoms with van der Waals surface area (Å²) in [6.45, 7) is 4.65. The summed E-state index contributed by atoms with van der Waals surface area (Å²) in [5, 5.41) is 13.9. The van der Waals surface area contributed by atoms with Crippen molar-refractivity contribution in [1.29, 1.82) is 0 Å². The first-order valence-electron chi connectivity index (χ1n) is 30.5. The van der Waals surface area contributed by atoms with E-state index in [1.54, 1.807) is 6.08 Å². The number of hydrogen-bond acceptors (Lipinski definition) is 6. The summed E-state index contributed by atoms with van der Waals surface area (Å²) in [6, 6.07) is -0.912. The van der Waals surface area contributed by atoms with Crippen LogP contribution < -0.4 is 10.2 Å². The molecule has 0 aliphatic rings. The predicted octanol–water partition coefficient (Wildman–Crippen LogP) is 18.1. The van der Waals surface area contributed by atoms with Gasteiger partial charge in [-0.3, -0.25) is 9.36 Å². The highest BCUT2D eigenvalue weighted by Gasteiger charge is 2.23. The van der Waals surface area contributed by atoms with Crippen LogP contribution >= 0.6 is 7.82 Å². The van der Waals surface area contributed by atoms with Crippen LogP contribution in [0.1, 0.15) is 290 Å². The van der Waals surface area contributed by atoms with Crippen molar-refractivity contribution < 1.29 is 32.9 Å². The Morgan fingerprint density at radius 3 is 1.14 bits per heavy atom. The molecule has 8 nitrogen and oxygen atoms in total. The molecule has 71 heavy (non-hydrogen) atoms. The van der Waals surface area contributed by atoms with Gasteiger partial charge in [-0.1, -0.05) is 262 Å². The first-order valence-corrected chi connectivity index (χ1v) is 32.0. The Hall–Kier alpha value is -1.54. The number of carbonyl (C=O) groups excluding carboxylic acids is 1. The van der Waals surface area contributed by atoms with E-state index in [-0.39, 0.29) is 12.5 Å². The summed E-state index contributed by atoms with van der Waals surface area (Å²) in [4.78, 5) is 25.5. The van der Waals surface area contributed by atoms with Gasteiger partial charge in [0, 0.05) is 6.42 Å². The second kappa shape index (κ2) is 53.3. The lowest BCUT2D eigenvalue weighted by Crippen LogP contribution is -2.45. The van der Waals surface area contributed by atoms with E-state index >= 15 is 0 Å². The Labute approximate surface area is 441 Å². The molecule has 0 aliphatic heterocycles. The predicted molar refractivity (Wildman–Crippen MR) is 307 cm³/mol. The minimum Gasteiger partial charge on any atom is -0.756 e. The molecule has 0 rings (SSSR count). The van der Waals surface area contributed by atoms with E-state index in [1.165, 1.54) is 225 Å². The van der Waals surface area contributed by atoms with Crippen LogP contribution in [0.15, 0.2) is 48.6 Å². The molecule has 0 radical (unpaired) electrons. The Kier molecular flexibility index (Phi) is 52.1.